The summed E-state index contributed by atoms with van der Waals surface area (Å²) in [7, 11) is 4.02. The summed E-state index contributed by atoms with van der Waals surface area (Å²) in [6.07, 6.45) is 4.79. The number of aliphatic carboxylic acids is 1. The van der Waals surface area contributed by atoms with Crippen LogP contribution < -0.4 is 5.32 Å². The molecule has 1 aromatic heterocycles. The molecule has 0 aliphatic heterocycles. The van der Waals surface area contributed by atoms with E-state index in [4.69, 9.17) is 0 Å². The number of carboxylic acids is 1. The van der Waals surface area contributed by atoms with Crippen LogP contribution in [0.4, 0.5) is 8.78 Å². The van der Waals surface area contributed by atoms with Crippen LogP contribution in [0.25, 0.3) is 11.1 Å². The summed E-state index contributed by atoms with van der Waals surface area (Å²) in [6, 6.07) is 6.98. The second-order valence-electron chi connectivity index (χ2n) is 12.1. The topological polar surface area (TPSA) is 82.5 Å². The number of pyridine rings is 1. The number of aromatic nitrogens is 1. The van der Waals surface area contributed by atoms with Gasteiger partial charge in [0.15, 0.2) is 0 Å². The molecule has 1 fully saturated rings. The minimum Gasteiger partial charge on any atom is -0.481 e. The molecule has 1 aliphatic carbocycles. The van der Waals surface area contributed by atoms with Gasteiger partial charge in [0, 0.05) is 18.3 Å². The van der Waals surface area contributed by atoms with Gasteiger partial charge >= 0.3 is 5.97 Å². The Balaban J connectivity index is 1.71. The molecule has 1 amide bonds. The van der Waals surface area contributed by atoms with E-state index in [0.29, 0.717) is 40.3 Å². The number of carboxylic acid groups (broad SMARTS) is 1. The number of aryl methyl sites for hydroxylation is 4. The van der Waals surface area contributed by atoms with E-state index < -0.39 is 30.2 Å². The molecule has 0 saturated heterocycles. The van der Waals surface area contributed by atoms with Gasteiger partial charge in [-0.1, -0.05) is 12.8 Å². The van der Waals surface area contributed by atoms with Gasteiger partial charge in [0.2, 0.25) is 5.91 Å². The van der Waals surface area contributed by atoms with Crippen LogP contribution in [0.15, 0.2) is 36.5 Å². The maximum Gasteiger partial charge on any atom is 0.305 e. The molecule has 1 saturated carbocycles. The number of carbonyl (C=O) groups is 2. The Hall–Kier alpha value is -3.65. The number of amides is 1. The minimum absolute atomic E-state index is 0.0950. The second kappa shape index (κ2) is 13.1. The van der Waals surface area contributed by atoms with Crippen molar-refractivity contribution in [3.05, 3.63) is 87.2 Å². The van der Waals surface area contributed by atoms with Crippen molar-refractivity contribution in [2.75, 3.05) is 20.6 Å². The van der Waals surface area contributed by atoms with E-state index in [9.17, 15) is 19.1 Å². The summed E-state index contributed by atoms with van der Waals surface area (Å²) in [5, 5.41) is 12.7. The molecule has 2 N–H and O–H groups in total. The summed E-state index contributed by atoms with van der Waals surface area (Å²) in [4.78, 5) is 32.6. The third kappa shape index (κ3) is 7.59. The molecule has 1 aliphatic rings. The number of nitrogens with one attached hydrogen (secondary N) is 1. The average Bonchev–Trinajstić information content (AvgIpc) is 3.72. The maximum atomic E-state index is 15.7. The van der Waals surface area contributed by atoms with Crippen molar-refractivity contribution in [2.45, 2.75) is 71.8 Å². The maximum absolute atomic E-state index is 15.7. The highest BCUT2D eigenvalue weighted by Gasteiger charge is 2.34. The number of benzene rings is 2. The highest BCUT2D eigenvalue weighted by molar-refractivity contribution is 5.84. The van der Waals surface area contributed by atoms with Crippen molar-refractivity contribution in [1.29, 1.82) is 0 Å². The Morgan fingerprint density at radius 3 is 2.26 bits per heavy atom. The van der Waals surface area contributed by atoms with Crippen LogP contribution in [0.1, 0.15) is 76.7 Å². The molecule has 42 heavy (non-hydrogen) atoms. The molecule has 0 radical (unpaired) electrons. The lowest BCUT2D eigenvalue weighted by atomic mass is 9.89. The molecule has 2 unspecified atom stereocenters. The zero-order valence-corrected chi connectivity index (χ0v) is 25.4. The molecule has 3 aromatic rings. The molecule has 2 aromatic carbocycles. The molecule has 2 atom stereocenters. The zero-order valence-electron chi connectivity index (χ0n) is 25.4. The Bertz CT molecular complexity index is 1460. The van der Waals surface area contributed by atoms with Gasteiger partial charge in [-0.15, -0.1) is 0 Å². The fourth-order valence-electron chi connectivity index (χ4n) is 5.68. The number of hydrogen-bond acceptors (Lipinski definition) is 4. The summed E-state index contributed by atoms with van der Waals surface area (Å²) in [5.41, 5.74) is 5.99. The summed E-state index contributed by atoms with van der Waals surface area (Å²) >= 11 is 0. The predicted octanol–water partition coefficient (Wildman–Crippen LogP) is 6.58. The number of rotatable bonds is 12. The monoisotopic (exact) mass is 577 g/mol. The largest absolute Gasteiger partial charge is 0.481 e. The lowest BCUT2D eigenvalue weighted by Crippen LogP contribution is -2.35. The first-order valence-electron chi connectivity index (χ1n) is 14.5. The number of carbonyl (C=O) groups excluding carboxylic acids is 1. The quantitative estimate of drug-likeness (QED) is 0.254. The Labute approximate surface area is 247 Å². The highest BCUT2D eigenvalue weighted by atomic mass is 19.1. The lowest BCUT2D eigenvalue weighted by molar-refractivity contribution is -0.137. The molecule has 0 spiro atoms. The highest BCUT2D eigenvalue weighted by Crippen LogP contribution is 2.39. The number of likely N-dealkylation sites (N-methyl/N-ethyl adjacent to an activating group) is 1. The summed E-state index contributed by atoms with van der Waals surface area (Å²) in [5.74, 6) is -2.63. The van der Waals surface area contributed by atoms with Gasteiger partial charge in [-0.05, 0) is 130 Å². The Morgan fingerprint density at radius 1 is 1.00 bits per heavy atom. The van der Waals surface area contributed by atoms with E-state index in [-0.39, 0.29) is 17.3 Å². The van der Waals surface area contributed by atoms with Crippen LogP contribution in [0.3, 0.4) is 0 Å². The SMILES string of the molecule is Cc1cnc(C(CC2CC2)C(=O)NC(CC(=O)O)c2cc(-c3c(C)cc(F)cc3C)cc(C)c2F)cc1CCN(C)C. The molecule has 0 bridgehead atoms. The van der Waals surface area contributed by atoms with Crippen molar-refractivity contribution in [3.63, 3.8) is 0 Å². The molecule has 224 valence electrons. The van der Waals surface area contributed by atoms with Gasteiger partial charge in [-0.3, -0.25) is 14.6 Å². The van der Waals surface area contributed by atoms with Gasteiger partial charge in [-0.2, -0.15) is 0 Å². The van der Waals surface area contributed by atoms with Crippen LogP contribution in [0.2, 0.25) is 0 Å². The molecule has 6 nitrogen and oxygen atoms in total. The van der Waals surface area contributed by atoms with Crippen LogP contribution in [-0.4, -0.2) is 47.5 Å². The van der Waals surface area contributed by atoms with Gasteiger partial charge in [-0.25, -0.2) is 8.78 Å². The first-order valence-corrected chi connectivity index (χ1v) is 14.5. The molecule has 4 rings (SSSR count). The number of halogens is 2. The van der Waals surface area contributed by atoms with Crippen LogP contribution in [0, 0.1) is 45.2 Å². The number of hydrogen-bond donors (Lipinski definition) is 2. The van der Waals surface area contributed by atoms with E-state index in [2.05, 4.69) is 15.2 Å². The smallest absolute Gasteiger partial charge is 0.305 e. The first kappa shape index (κ1) is 31.3. The van der Waals surface area contributed by atoms with E-state index in [1.54, 1.807) is 39.1 Å². The standard InChI is InChI=1S/C34H41F2N3O3/c1-19-12-26(35)13-20(2)32(19)25-11-21(3)33(36)27(15-25)30(17-31(40)41)38-34(42)28(14-23-7-8-23)29-16-24(9-10-39(5)6)22(4)18-37-29/h11-13,15-16,18,23,28,30H,7-10,14,17H2,1-6H3,(H,38,42)(H,40,41). The van der Waals surface area contributed by atoms with E-state index in [0.717, 1.165) is 42.5 Å². The fraction of sp³-hybridized carbons (Fsp3) is 0.441. The minimum atomic E-state index is -1.16. The number of nitrogens with zero attached hydrogens (tertiary/aromatic N) is 2. The van der Waals surface area contributed by atoms with Crippen LogP contribution in [-0.2, 0) is 16.0 Å². The fourth-order valence-corrected chi connectivity index (χ4v) is 5.68. The third-order valence-corrected chi connectivity index (χ3v) is 8.14. The summed E-state index contributed by atoms with van der Waals surface area (Å²) < 4.78 is 29.7. The van der Waals surface area contributed by atoms with Gasteiger partial charge < -0.3 is 15.3 Å². The van der Waals surface area contributed by atoms with Gasteiger partial charge in [0.05, 0.1) is 24.1 Å². The van der Waals surface area contributed by atoms with Crippen molar-refractivity contribution >= 4 is 11.9 Å². The molecular weight excluding hydrogens is 536 g/mol. The van der Waals surface area contributed by atoms with E-state index in [1.807, 2.05) is 27.1 Å². The Morgan fingerprint density at radius 2 is 1.67 bits per heavy atom. The van der Waals surface area contributed by atoms with E-state index >= 15 is 4.39 Å². The Kier molecular flexibility index (Phi) is 9.77. The second-order valence-corrected chi connectivity index (χ2v) is 12.1. The van der Waals surface area contributed by atoms with Crippen molar-refractivity contribution in [1.82, 2.24) is 15.2 Å². The van der Waals surface area contributed by atoms with Gasteiger partial charge in [0.1, 0.15) is 11.6 Å². The lowest BCUT2D eigenvalue weighted by Gasteiger charge is -2.24. The first-order chi connectivity index (χ1) is 19.8. The molecule has 8 heteroatoms. The van der Waals surface area contributed by atoms with Crippen molar-refractivity contribution in [2.24, 2.45) is 5.92 Å². The van der Waals surface area contributed by atoms with Gasteiger partial charge in [0.25, 0.3) is 0 Å². The summed E-state index contributed by atoms with van der Waals surface area (Å²) in [6.45, 7) is 8.03. The zero-order chi connectivity index (χ0) is 30.7. The average molecular weight is 578 g/mol. The molecule has 1 heterocycles. The predicted molar refractivity (Wildman–Crippen MR) is 160 cm³/mol. The van der Waals surface area contributed by atoms with Crippen molar-refractivity contribution < 1.29 is 23.5 Å². The van der Waals surface area contributed by atoms with Crippen LogP contribution in [0.5, 0.6) is 0 Å². The van der Waals surface area contributed by atoms with Crippen molar-refractivity contribution in [3.8, 4) is 11.1 Å². The normalized spacial score (nSPS) is 14.6. The molecular formula is C34H41F2N3O3. The van der Waals surface area contributed by atoms with E-state index in [1.165, 1.54) is 12.1 Å². The third-order valence-electron chi connectivity index (χ3n) is 8.14. The van der Waals surface area contributed by atoms with Crippen LogP contribution >= 0.6 is 0 Å².